The molecule has 0 fully saturated rings. The summed E-state index contributed by atoms with van der Waals surface area (Å²) in [6.07, 6.45) is 8.19. The number of carbonyl (C=O) groups is 4. The largest absolute Gasteiger partial charge is 0.488 e. The lowest BCUT2D eigenvalue weighted by molar-refractivity contribution is -0.148. The van der Waals surface area contributed by atoms with Crippen molar-refractivity contribution in [1.82, 2.24) is 0 Å². The highest BCUT2D eigenvalue weighted by Gasteiger charge is 2.42. The minimum Gasteiger partial charge on any atom is -0.488 e. The predicted octanol–water partition coefficient (Wildman–Crippen LogP) is 9.95. The van der Waals surface area contributed by atoms with Gasteiger partial charge in [-0.3, -0.25) is 0 Å². The Balaban J connectivity index is 2.34. The van der Waals surface area contributed by atoms with E-state index in [9.17, 15) is 19.2 Å². The smallest absolute Gasteiger partial charge is 0.347 e. The number of hydrogen-bond donors (Lipinski definition) is 0. The maximum Gasteiger partial charge on any atom is 0.347 e. The summed E-state index contributed by atoms with van der Waals surface area (Å²) in [5, 5.41) is 0. The fraction of sp³-hybridized carbons (Fsp3) is 0.632. The number of rotatable bonds is 22. The number of benzene rings is 1. The van der Waals surface area contributed by atoms with E-state index >= 15 is 0 Å². The summed E-state index contributed by atoms with van der Waals surface area (Å²) in [5.74, 6) is -1.49. The SMILES string of the molecule is CCCCC(CC)COc1c(OCC(CC)CCCC)c2c(c3c1SC(=C(C(=O)OCC)C(=O)OCC)S3)SC(=C(C(=O)OCC)C(=O)OCC)S2. The average molecular weight is 799 g/mol. The molecule has 0 amide bonds. The lowest BCUT2D eigenvalue weighted by Gasteiger charge is -2.23. The molecule has 2 atom stereocenters. The summed E-state index contributed by atoms with van der Waals surface area (Å²) in [5.41, 5.74) is -0.385. The van der Waals surface area contributed by atoms with E-state index in [-0.39, 0.29) is 37.6 Å². The highest BCUT2D eigenvalue weighted by Crippen LogP contribution is 2.68. The summed E-state index contributed by atoms with van der Waals surface area (Å²) in [7, 11) is 0. The molecular weight excluding hydrogens is 745 g/mol. The van der Waals surface area contributed by atoms with Crippen molar-refractivity contribution in [2.45, 2.75) is 126 Å². The van der Waals surface area contributed by atoms with Gasteiger partial charge in [0.15, 0.2) is 22.6 Å². The van der Waals surface area contributed by atoms with Gasteiger partial charge < -0.3 is 28.4 Å². The zero-order chi connectivity index (χ0) is 38.2. The van der Waals surface area contributed by atoms with E-state index < -0.39 is 23.9 Å². The lowest BCUT2D eigenvalue weighted by atomic mass is 10.0. The van der Waals surface area contributed by atoms with Crippen LogP contribution < -0.4 is 9.47 Å². The van der Waals surface area contributed by atoms with Gasteiger partial charge in [0.2, 0.25) is 0 Å². The molecule has 14 heteroatoms. The Morgan fingerprint density at radius 1 is 0.481 bits per heavy atom. The lowest BCUT2D eigenvalue weighted by Crippen LogP contribution is -2.19. The summed E-state index contributed by atoms with van der Waals surface area (Å²) in [6, 6.07) is 0. The Kier molecular flexibility index (Phi) is 19.2. The molecule has 0 spiro atoms. The normalized spacial score (nSPS) is 14.2. The Morgan fingerprint density at radius 3 is 1.06 bits per heavy atom. The zero-order valence-corrected chi connectivity index (χ0v) is 35.0. The fourth-order valence-electron chi connectivity index (χ4n) is 5.38. The van der Waals surface area contributed by atoms with E-state index in [4.69, 9.17) is 28.4 Å². The molecule has 10 nitrogen and oxygen atoms in total. The van der Waals surface area contributed by atoms with E-state index in [0.717, 1.165) is 61.2 Å². The minimum atomic E-state index is -0.777. The van der Waals surface area contributed by atoms with Crippen LogP contribution in [0, 0.1) is 11.8 Å². The fourth-order valence-corrected chi connectivity index (χ4v) is 11.0. The predicted molar refractivity (Wildman–Crippen MR) is 208 cm³/mol. The summed E-state index contributed by atoms with van der Waals surface area (Å²) >= 11 is 4.97. The quantitative estimate of drug-likeness (QED) is 0.0363. The Labute approximate surface area is 326 Å². The van der Waals surface area contributed by atoms with E-state index in [2.05, 4.69) is 27.7 Å². The molecule has 0 saturated carbocycles. The van der Waals surface area contributed by atoms with E-state index in [0.29, 0.717) is 54.8 Å². The second kappa shape index (κ2) is 22.7. The van der Waals surface area contributed by atoms with Gasteiger partial charge in [-0.05, 0) is 52.4 Å². The van der Waals surface area contributed by atoms with Crippen LogP contribution in [0.2, 0.25) is 0 Å². The number of ether oxygens (including phenoxy) is 6. The molecule has 0 aliphatic carbocycles. The Morgan fingerprint density at radius 2 is 0.788 bits per heavy atom. The molecule has 0 N–H and O–H groups in total. The number of hydrogen-bond acceptors (Lipinski definition) is 14. The monoisotopic (exact) mass is 798 g/mol. The van der Waals surface area contributed by atoms with E-state index in [1.165, 1.54) is 47.0 Å². The average Bonchev–Trinajstić information content (AvgIpc) is 3.74. The number of fused-ring (bicyclic) bond motifs is 3. The molecule has 0 saturated heterocycles. The van der Waals surface area contributed by atoms with Crippen molar-refractivity contribution in [3.05, 3.63) is 19.6 Å². The maximum absolute atomic E-state index is 13.3. The first-order chi connectivity index (χ1) is 25.1. The molecular formula is C38H54O10S4. The van der Waals surface area contributed by atoms with Crippen LogP contribution in [-0.2, 0) is 38.1 Å². The molecule has 52 heavy (non-hydrogen) atoms. The number of thioether (sulfide) groups is 4. The van der Waals surface area contributed by atoms with Crippen LogP contribution in [0.1, 0.15) is 107 Å². The molecule has 1 aromatic carbocycles. The van der Waals surface area contributed by atoms with Gasteiger partial charge in [-0.2, -0.15) is 0 Å². The Hall–Kier alpha value is -2.42. The van der Waals surface area contributed by atoms with Gasteiger partial charge in [0.1, 0.15) is 0 Å². The van der Waals surface area contributed by atoms with Gasteiger partial charge in [-0.25, -0.2) is 19.2 Å². The molecule has 1 aromatic rings. The van der Waals surface area contributed by atoms with Crippen molar-refractivity contribution in [3.8, 4) is 11.5 Å². The molecule has 0 radical (unpaired) electrons. The Bertz CT molecular complexity index is 1340. The van der Waals surface area contributed by atoms with Crippen LogP contribution in [0.5, 0.6) is 11.5 Å². The third-order valence-electron chi connectivity index (χ3n) is 8.36. The van der Waals surface area contributed by atoms with Gasteiger partial charge in [0.25, 0.3) is 0 Å². The first kappa shape index (κ1) is 44.0. The molecule has 2 aliphatic rings. The molecule has 2 heterocycles. The van der Waals surface area contributed by atoms with Crippen molar-refractivity contribution in [3.63, 3.8) is 0 Å². The first-order valence-corrected chi connectivity index (χ1v) is 21.8. The van der Waals surface area contributed by atoms with Gasteiger partial charge in [-0.15, -0.1) is 0 Å². The van der Waals surface area contributed by atoms with Crippen molar-refractivity contribution in [2.75, 3.05) is 39.6 Å². The van der Waals surface area contributed by atoms with Gasteiger partial charge in [0.05, 0.1) is 57.9 Å². The summed E-state index contributed by atoms with van der Waals surface area (Å²) < 4.78 is 35.6. The molecule has 2 unspecified atom stereocenters. The van der Waals surface area contributed by atoms with Crippen molar-refractivity contribution in [2.24, 2.45) is 11.8 Å². The van der Waals surface area contributed by atoms with Crippen LogP contribution in [0.25, 0.3) is 0 Å². The summed E-state index contributed by atoms with van der Waals surface area (Å²) in [4.78, 5) is 55.9. The zero-order valence-electron chi connectivity index (χ0n) is 31.8. The number of unbranched alkanes of at least 4 members (excludes halogenated alkanes) is 2. The van der Waals surface area contributed by atoms with Crippen molar-refractivity contribution in [1.29, 1.82) is 0 Å². The van der Waals surface area contributed by atoms with E-state index in [1.807, 2.05) is 0 Å². The second-order valence-electron chi connectivity index (χ2n) is 12.0. The van der Waals surface area contributed by atoms with Crippen LogP contribution in [0.15, 0.2) is 39.2 Å². The topological polar surface area (TPSA) is 124 Å². The van der Waals surface area contributed by atoms with Crippen LogP contribution in [0.3, 0.4) is 0 Å². The van der Waals surface area contributed by atoms with Crippen LogP contribution >= 0.6 is 47.0 Å². The number of carbonyl (C=O) groups excluding carboxylic acids is 4. The number of esters is 4. The highest BCUT2D eigenvalue weighted by atomic mass is 32.2. The molecule has 0 aromatic heterocycles. The molecule has 2 aliphatic heterocycles. The molecule has 3 rings (SSSR count). The summed E-state index contributed by atoms with van der Waals surface area (Å²) in [6.45, 7) is 16.6. The van der Waals surface area contributed by atoms with Crippen molar-refractivity contribution >= 4 is 70.9 Å². The third-order valence-corrected chi connectivity index (χ3v) is 13.7. The van der Waals surface area contributed by atoms with Gasteiger partial charge in [0, 0.05) is 9.79 Å². The third kappa shape index (κ3) is 11.3. The van der Waals surface area contributed by atoms with Gasteiger partial charge in [-0.1, -0.05) is 113 Å². The maximum atomic E-state index is 13.3. The van der Waals surface area contributed by atoms with Crippen LogP contribution in [-0.4, -0.2) is 63.5 Å². The standard InChI is InChI=1S/C38H54O10S4/c1-9-17-19-23(11-3)21-47-27-28(48-22-24(12-4)20-18-10-2)30-32(52-38(50-30)26(35(41)45-15-7)36(42)46-16-8)31-29(27)49-37(51-31)25(33(39)43-13-5)34(40)44-14-6/h23-24H,9-22H2,1-8H3. The first-order valence-electron chi connectivity index (χ1n) is 18.5. The van der Waals surface area contributed by atoms with Crippen molar-refractivity contribution < 1.29 is 47.6 Å². The van der Waals surface area contributed by atoms with Crippen LogP contribution in [0.4, 0.5) is 0 Å². The highest BCUT2D eigenvalue weighted by molar-refractivity contribution is 8.27. The van der Waals surface area contributed by atoms with E-state index in [1.54, 1.807) is 27.7 Å². The van der Waals surface area contributed by atoms with Gasteiger partial charge >= 0.3 is 23.9 Å². The molecule has 290 valence electrons. The molecule has 0 bridgehead atoms. The minimum absolute atomic E-state index is 0.0803. The second-order valence-corrected chi connectivity index (χ2v) is 16.6.